The van der Waals surface area contributed by atoms with Crippen LogP contribution in [-0.4, -0.2) is 4.57 Å². The summed E-state index contributed by atoms with van der Waals surface area (Å²) in [6.07, 6.45) is 1.93. The van der Waals surface area contributed by atoms with Gasteiger partial charge in [-0.1, -0.05) is 97.6 Å². The summed E-state index contributed by atoms with van der Waals surface area (Å²) >= 11 is 0. The van der Waals surface area contributed by atoms with Crippen LogP contribution >= 0.6 is 0 Å². The van der Waals surface area contributed by atoms with Crippen LogP contribution in [0, 0.1) is 0 Å². The van der Waals surface area contributed by atoms with Gasteiger partial charge in [-0.25, -0.2) is 0 Å². The van der Waals surface area contributed by atoms with Crippen LogP contribution in [0.3, 0.4) is 0 Å². The van der Waals surface area contributed by atoms with Gasteiger partial charge in [-0.3, -0.25) is 0 Å². The number of hydrogen-bond donors (Lipinski definition) is 0. The van der Waals surface area contributed by atoms with Crippen LogP contribution in [0.5, 0.6) is 0 Å². The summed E-state index contributed by atoms with van der Waals surface area (Å²) in [6, 6.07) is 49.7. The van der Waals surface area contributed by atoms with Gasteiger partial charge in [0.15, 0.2) is 0 Å². The number of nitrogens with zero attached hydrogens (tertiary/aromatic N) is 2. The average Bonchev–Trinajstić information content (AvgIpc) is 3.33. The van der Waals surface area contributed by atoms with E-state index in [2.05, 4.69) is 156 Å². The Kier molecular flexibility index (Phi) is 5.30. The molecule has 38 heavy (non-hydrogen) atoms. The predicted octanol–water partition coefficient (Wildman–Crippen LogP) is 10.0. The number of fused-ring (bicyclic) bond motifs is 4. The molecule has 6 aromatic carbocycles. The van der Waals surface area contributed by atoms with E-state index >= 15 is 0 Å². The van der Waals surface area contributed by atoms with Crippen LogP contribution < -0.4 is 4.90 Å². The molecule has 0 amide bonds. The molecule has 0 atom stereocenters. The van der Waals surface area contributed by atoms with Gasteiger partial charge < -0.3 is 9.47 Å². The summed E-state index contributed by atoms with van der Waals surface area (Å²) in [5, 5.41) is 4.93. The van der Waals surface area contributed by atoms with Crippen molar-refractivity contribution in [3.05, 3.63) is 152 Å². The van der Waals surface area contributed by atoms with E-state index in [1.165, 1.54) is 32.6 Å². The van der Waals surface area contributed by atoms with E-state index in [1.54, 1.807) is 0 Å². The summed E-state index contributed by atoms with van der Waals surface area (Å²) in [5.74, 6) is 0. The lowest BCUT2D eigenvalue weighted by molar-refractivity contribution is 1.17. The Morgan fingerprint density at radius 3 is 1.63 bits per heavy atom. The minimum absolute atomic E-state index is 1.11. The van der Waals surface area contributed by atoms with Gasteiger partial charge in [-0.2, -0.15) is 0 Å². The SMILES string of the molecule is C=Cc1ccc(N(c2ccccc2)c2ccc(-n3c4ccccc4c4ccccc43)cc2)c2ccccc12. The van der Waals surface area contributed by atoms with Gasteiger partial charge in [0.25, 0.3) is 0 Å². The fourth-order valence-corrected chi connectivity index (χ4v) is 5.64. The monoisotopic (exact) mass is 486 g/mol. The molecule has 0 radical (unpaired) electrons. The first kappa shape index (κ1) is 22.1. The Bertz CT molecular complexity index is 1880. The molecule has 2 heteroatoms. The molecule has 0 N–H and O–H groups in total. The van der Waals surface area contributed by atoms with E-state index in [4.69, 9.17) is 0 Å². The predicted molar refractivity (Wildman–Crippen MR) is 163 cm³/mol. The van der Waals surface area contributed by atoms with Crippen LogP contribution in [-0.2, 0) is 0 Å². The smallest absolute Gasteiger partial charge is 0.0541 e. The summed E-state index contributed by atoms with van der Waals surface area (Å²) in [5.41, 5.74) is 8.08. The average molecular weight is 487 g/mol. The molecule has 2 nitrogen and oxygen atoms in total. The molecule has 0 saturated carbocycles. The highest BCUT2D eigenvalue weighted by Gasteiger charge is 2.17. The van der Waals surface area contributed by atoms with Crippen molar-refractivity contribution in [3.63, 3.8) is 0 Å². The largest absolute Gasteiger partial charge is 0.310 e. The molecular formula is C36H26N2. The first-order valence-electron chi connectivity index (χ1n) is 12.9. The molecule has 0 aliphatic carbocycles. The van der Waals surface area contributed by atoms with Crippen molar-refractivity contribution >= 4 is 55.7 Å². The highest BCUT2D eigenvalue weighted by atomic mass is 15.1. The fraction of sp³-hybridized carbons (Fsp3) is 0. The summed E-state index contributed by atoms with van der Waals surface area (Å²) in [7, 11) is 0. The zero-order valence-electron chi connectivity index (χ0n) is 21.0. The summed E-state index contributed by atoms with van der Waals surface area (Å²) in [4.78, 5) is 2.34. The second-order valence-electron chi connectivity index (χ2n) is 9.48. The molecule has 7 rings (SSSR count). The van der Waals surface area contributed by atoms with Crippen molar-refractivity contribution < 1.29 is 0 Å². The first-order valence-corrected chi connectivity index (χ1v) is 12.9. The topological polar surface area (TPSA) is 8.17 Å². The van der Waals surface area contributed by atoms with Gasteiger partial charge >= 0.3 is 0 Å². The molecule has 0 bridgehead atoms. The Labute approximate surface area is 222 Å². The van der Waals surface area contributed by atoms with Gasteiger partial charge in [0.1, 0.15) is 0 Å². The van der Waals surface area contributed by atoms with Gasteiger partial charge in [0.05, 0.1) is 16.7 Å². The Hall–Kier alpha value is -5.08. The molecule has 0 aliphatic heterocycles. The number of aromatic nitrogens is 1. The highest BCUT2D eigenvalue weighted by molar-refractivity contribution is 6.09. The third-order valence-corrected chi connectivity index (χ3v) is 7.36. The maximum absolute atomic E-state index is 4.03. The van der Waals surface area contributed by atoms with Crippen LogP contribution in [0.15, 0.2) is 146 Å². The molecular weight excluding hydrogens is 460 g/mol. The molecule has 0 saturated heterocycles. The molecule has 0 spiro atoms. The second kappa shape index (κ2) is 9.10. The lowest BCUT2D eigenvalue weighted by Crippen LogP contribution is -2.10. The minimum Gasteiger partial charge on any atom is -0.310 e. The van der Waals surface area contributed by atoms with E-state index in [1.807, 2.05) is 6.08 Å². The third-order valence-electron chi connectivity index (χ3n) is 7.36. The van der Waals surface area contributed by atoms with Crippen molar-refractivity contribution in [3.8, 4) is 5.69 Å². The number of para-hydroxylation sites is 3. The van der Waals surface area contributed by atoms with Gasteiger partial charge in [0, 0.05) is 33.2 Å². The highest BCUT2D eigenvalue weighted by Crippen LogP contribution is 2.40. The Morgan fingerprint density at radius 1 is 0.474 bits per heavy atom. The maximum Gasteiger partial charge on any atom is 0.0541 e. The maximum atomic E-state index is 4.03. The van der Waals surface area contributed by atoms with E-state index in [-0.39, 0.29) is 0 Å². The zero-order chi connectivity index (χ0) is 25.5. The molecule has 0 aliphatic rings. The molecule has 7 aromatic rings. The normalized spacial score (nSPS) is 11.3. The van der Waals surface area contributed by atoms with Gasteiger partial charge in [-0.15, -0.1) is 0 Å². The molecule has 0 fully saturated rings. The number of benzene rings is 6. The van der Waals surface area contributed by atoms with Crippen LogP contribution in [0.2, 0.25) is 0 Å². The van der Waals surface area contributed by atoms with Crippen molar-refractivity contribution in [1.29, 1.82) is 0 Å². The number of hydrogen-bond acceptors (Lipinski definition) is 1. The third kappa shape index (κ3) is 3.50. The molecule has 1 heterocycles. The Morgan fingerprint density at radius 2 is 1.00 bits per heavy atom. The van der Waals surface area contributed by atoms with Crippen molar-refractivity contribution in [1.82, 2.24) is 4.57 Å². The standard InChI is InChI=1S/C36H26N2/c1-2-26-20-25-36(31-15-7-6-14-30(26)31)37(27-12-4-3-5-13-27)28-21-23-29(24-22-28)38-34-18-10-8-16-32(34)33-17-9-11-19-35(33)38/h2-25H,1H2. The van der Waals surface area contributed by atoms with Crippen LogP contribution in [0.1, 0.15) is 5.56 Å². The Balaban J connectivity index is 1.42. The van der Waals surface area contributed by atoms with Crippen LogP contribution in [0.25, 0.3) is 44.3 Å². The molecule has 180 valence electrons. The van der Waals surface area contributed by atoms with Crippen molar-refractivity contribution in [2.45, 2.75) is 0 Å². The first-order chi connectivity index (χ1) is 18.8. The number of anilines is 3. The quantitative estimate of drug-likeness (QED) is 0.235. The van der Waals surface area contributed by atoms with Crippen molar-refractivity contribution in [2.24, 2.45) is 0 Å². The fourth-order valence-electron chi connectivity index (χ4n) is 5.64. The molecule has 1 aromatic heterocycles. The van der Waals surface area contributed by atoms with E-state index in [9.17, 15) is 0 Å². The van der Waals surface area contributed by atoms with E-state index in [0.29, 0.717) is 0 Å². The second-order valence-corrected chi connectivity index (χ2v) is 9.48. The summed E-state index contributed by atoms with van der Waals surface area (Å²) < 4.78 is 2.36. The van der Waals surface area contributed by atoms with Gasteiger partial charge in [-0.05, 0) is 65.5 Å². The van der Waals surface area contributed by atoms with Crippen molar-refractivity contribution in [2.75, 3.05) is 4.90 Å². The van der Waals surface area contributed by atoms with Gasteiger partial charge in [0.2, 0.25) is 0 Å². The zero-order valence-corrected chi connectivity index (χ0v) is 21.0. The van der Waals surface area contributed by atoms with Crippen LogP contribution in [0.4, 0.5) is 17.1 Å². The minimum atomic E-state index is 1.11. The lowest BCUT2D eigenvalue weighted by atomic mass is 10.0. The summed E-state index contributed by atoms with van der Waals surface area (Å²) in [6.45, 7) is 4.03. The van der Waals surface area contributed by atoms with E-state index < -0.39 is 0 Å². The number of rotatable bonds is 5. The van der Waals surface area contributed by atoms with E-state index in [0.717, 1.165) is 28.3 Å². The lowest BCUT2D eigenvalue weighted by Gasteiger charge is -2.27. The molecule has 0 unspecified atom stereocenters.